The van der Waals surface area contributed by atoms with E-state index in [1.165, 1.54) is 43.4 Å². The number of piperidine rings is 1. The van der Waals surface area contributed by atoms with E-state index < -0.39 is 0 Å². The lowest BCUT2D eigenvalue weighted by Gasteiger charge is -2.38. The van der Waals surface area contributed by atoms with Gasteiger partial charge >= 0.3 is 0 Å². The van der Waals surface area contributed by atoms with Crippen molar-refractivity contribution in [1.29, 1.82) is 0 Å². The minimum absolute atomic E-state index is 0.604. The van der Waals surface area contributed by atoms with Crippen LogP contribution < -0.4 is 10.6 Å². The van der Waals surface area contributed by atoms with E-state index in [1.807, 2.05) is 18.5 Å². The fourth-order valence-corrected chi connectivity index (χ4v) is 2.80. The molecule has 0 saturated carbocycles. The number of nitrogens with zero attached hydrogens (tertiary/aromatic N) is 2. The predicted molar refractivity (Wildman–Crippen MR) is 72.0 cm³/mol. The molecular formula is C14H23N3. The molecule has 0 amide bonds. The normalized spacial score (nSPS) is 20.6. The number of nitrogens with two attached hydrogens (primary N) is 1. The van der Waals surface area contributed by atoms with Crippen molar-refractivity contribution in [3.8, 4) is 0 Å². The van der Waals surface area contributed by atoms with Gasteiger partial charge in [0, 0.05) is 25.3 Å². The van der Waals surface area contributed by atoms with Gasteiger partial charge in [0.25, 0.3) is 0 Å². The second kappa shape index (κ2) is 6.01. The maximum absolute atomic E-state index is 5.82. The molecule has 2 N–H and O–H groups in total. The lowest BCUT2D eigenvalue weighted by atomic mass is 9.97. The van der Waals surface area contributed by atoms with Crippen LogP contribution in [0.15, 0.2) is 18.5 Å². The highest BCUT2D eigenvalue weighted by molar-refractivity contribution is 5.52. The molecular weight excluding hydrogens is 210 g/mol. The maximum atomic E-state index is 5.82. The van der Waals surface area contributed by atoms with Crippen molar-refractivity contribution in [2.24, 2.45) is 5.73 Å². The Balaban J connectivity index is 2.22. The Labute approximate surface area is 104 Å². The van der Waals surface area contributed by atoms with Crippen LogP contribution in [0.5, 0.6) is 0 Å². The van der Waals surface area contributed by atoms with Crippen molar-refractivity contribution >= 4 is 5.69 Å². The van der Waals surface area contributed by atoms with Crippen molar-refractivity contribution in [1.82, 2.24) is 4.98 Å². The molecule has 1 aromatic heterocycles. The lowest BCUT2D eigenvalue weighted by molar-refractivity contribution is 0.433. The zero-order valence-corrected chi connectivity index (χ0v) is 10.7. The molecule has 1 aliphatic heterocycles. The Bertz CT molecular complexity index is 349. The second-order valence-electron chi connectivity index (χ2n) is 4.84. The number of pyridine rings is 1. The molecule has 17 heavy (non-hydrogen) atoms. The summed E-state index contributed by atoms with van der Waals surface area (Å²) in [6, 6.07) is 2.73. The average Bonchev–Trinajstić information content (AvgIpc) is 2.40. The molecule has 1 unspecified atom stereocenters. The van der Waals surface area contributed by atoms with Gasteiger partial charge in [-0.1, -0.05) is 13.3 Å². The Morgan fingerprint density at radius 3 is 3.12 bits per heavy atom. The van der Waals surface area contributed by atoms with E-state index in [0.29, 0.717) is 12.6 Å². The molecule has 2 heterocycles. The van der Waals surface area contributed by atoms with Crippen LogP contribution in [0.25, 0.3) is 0 Å². The molecule has 2 rings (SSSR count). The summed E-state index contributed by atoms with van der Waals surface area (Å²) in [4.78, 5) is 6.80. The number of hydrogen-bond acceptors (Lipinski definition) is 3. The molecule has 0 aromatic carbocycles. The van der Waals surface area contributed by atoms with Crippen molar-refractivity contribution < 1.29 is 0 Å². The highest BCUT2D eigenvalue weighted by atomic mass is 15.2. The molecule has 1 aromatic rings. The van der Waals surface area contributed by atoms with E-state index in [2.05, 4.69) is 16.8 Å². The highest BCUT2D eigenvalue weighted by Crippen LogP contribution is 2.29. The van der Waals surface area contributed by atoms with Crippen LogP contribution in [0.3, 0.4) is 0 Å². The summed E-state index contributed by atoms with van der Waals surface area (Å²) < 4.78 is 0. The first-order valence-corrected chi connectivity index (χ1v) is 6.76. The summed E-state index contributed by atoms with van der Waals surface area (Å²) in [6.45, 7) is 4.02. The fourth-order valence-electron chi connectivity index (χ4n) is 2.80. The molecule has 0 radical (unpaired) electrons. The van der Waals surface area contributed by atoms with Gasteiger partial charge in [-0.15, -0.1) is 0 Å². The fraction of sp³-hybridized carbons (Fsp3) is 0.643. The quantitative estimate of drug-likeness (QED) is 0.869. The molecule has 0 aliphatic carbocycles. The van der Waals surface area contributed by atoms with Crippen LogP contribution in [0, 0.1) is 0 Å². The van der Waals surface area contributed by atoms with Gasteiger partial charge in [-0.25, -0.2) is 0 Å². The van der Waals surface area contributed by atoms with Gasteiger partial charge in [0.15, 0.2) is 0 Å². The Morgan fingerprint density at radius 1 is 1.47 bits per heavy atom. The minimum atomic E-state index is 0.604. The maximum Gasteiger partial charge on any atom is 0.0600 e. The van der Waals surface area contributed by atoms with Gasteiger partial charge in [0.2, 0.25) is 0 Å². The van der Waals surface area contributed by atoms with Gasteiger partial charge < -0.3 is 10.6 Å². The summed E-state index contributed by atoms with van der Waals surface area (Å²) in [5.41, 5.74) is 8.30. The van der Waals surface area contributed by atoms with E-state index in [-0.39, 0.29) is 0 Å². The summed E-state index contributed by atoms with van der Waals surface area (Å²) >= 11 is 0. The third kappa shape index (κ3) is 2.78. The van der Waals surface area contributed by atoms with Crippen LogP contribution in [0.2, 0.25) is 0 Å². The van der Waals surface area contributed by atoms with Gasteiger partial charge in [-0.2, -0.15) is 0 Å². The van der Waals surface area contributed by atoms with Crippen molar-refractivity contribution in [3.05, 3.63) is 24.0 Å². The van der Waals surface area contributed by atoms with Gasteiger partial charge in [0.05, 0.1) is 11.9 Å². The predicted octanol–water partition coefficient (Wildman–Crippen LogP) is 2.70. The molecule has 3 nitrogen and oxygen atoms in total. The van der Waals surface area contributed by atoms with Gasteiger partial charge in [0.1, 0.15) is 0 Å². The zero-order valence-electron chi connectivity index (χ0n) is 10.7. The van der Waals surface area contributed by atoms with Crippen molar-refractivity contribution in [2.75, 3.05) is 11.4 Å². The molecule has 1 saturated heterocycles. The Morgan fingerprint density at radius 2 is 2.35 bits per heavy atom. The largest absolute Gasteiger partial charge is 0.367 e. The van der Waals surface area contributed by atoms with E-state index >= 15 is 0 Å². The molecule has 0 bridgehead atoms. The summed E-state index contributed by atoms with van der Waals surface area (Å²) in [7, 11) is 0. The van der Waals surface area contributed by atoms with Gasteiger partial charge in [-0.3, -0.25) is 4.98 Å². The van der Waals surface area contributed by atoms with Crippen molar-refractivity contribution in [3.63, 3.8) is 0 Å². The molecule has 1 fully saturated rings. The standard InChI is InChI=1S/C14H23N3/c1-2-5-13-6-3-4-9-17(13)14-11-16-8-7-12(14)10-15/h7-8,11,13H,2-6,9-10,15H2,1H3. The number of hydrogen-bond donors (Lipinski definition) is 1. The van der Waals surface area contributed by atoms with Crippen LogP contribution in [-0.4, -0.2) is 17.6 Å². The van der Waals surface area contributed by atoms with E-state index in [4.69, 9.17) is 5.73 Å². The van der Waals surface area contributed by atoms with Crippen LogP contribution in [0.1, 0.15) is 44.6 Å². The Kier molecular flexibility index (Phi) is 4.37. The lowest BCUT2D eigenvalue weighted by Crippen LogP contribution is -2.40. The minimum Gasteiger partial charge on any atom is -0.367 e. The number of anilines is 1. The molecule has 3 heteroatoms. The third-order valence-electron chi connectivity index (χ3n) is 3.67. The molecule has 94 valence electrons. The second-order valence-corrected chi connectivity index (χ2v) is 4.84. The Hall–Kier alpha value is -1.09. The topological polar surface area (TPSA) is 42.2 Å². The molecule has 1 aliphatic rings. The monoisotopic (exact) mass is 233 g/mol. The van der Waals surface area contributed by atoms with Crippen molar-refractivity contribution in [2.45, 2.75) is 51.6 Å². The molecule has 0 spiro atoms. The van der Waals surface area contributed by atoms with E-state index in [0.717, 1.165) is 6.54 Å². The first-order valence-electron chi connectivity index (χ1n) is 6.76. The SMILES string of the molecule is CCCC1CCCCN1c1cnccc1CN. The molecule has 1 atom stereocenters. The number of rotatable bonds is 4. The average molecular weight is 233 g/mol. The first-order chi connectivity index (χ1) is 8.36. The zero-order chi connectivity index (χ0) is 12.1. The van der Waals surface area contributed by atoms with Crippen LogP contribution >= 0.6 is 0 Å². The first kappa shape index (κ1) is 12.4. The summed E-state index contributed by atoms with van der Waals surface area (Å²) in [5.74, 6) is 0. The smallest absolute Gasteiger partial charge is 0.0600 e. The summed E-state index contributed by atoms with van der Waals surface area (Å²) in [5, 5.41) is 0. The van der Waals surface area contributed by atoms with E-state index in [1.54, 1.807) is 0 Å². The van der Waals surface area contributed by atoms with E-state index in [9.17, 15) is 0 Å². The number of aromatic nitrogens is 1. The third-order valence-corrected chi connectivity index (χ3v) is 3.67. The van der Waals surface area contributed by atoms with Crippen LogP contribution in [-0.2, 0) is 6.54 Å². The summed E-state index contributed by atoms with van der Waals surface area (Å²) in [6.07, 6.45) is 10.3. The van der Waals surface area contributed by atoms with Gasteiger partial charge in [-0.05, 0) is 37.3 Å². The highest BCUT2D eigenvalue weighted by Gasteiger charge is 2.23. The van der Waals surface area contributed by atoms with Crippen LogP contribution in [0.4, 0.5) is 5.69 Å².